The molecule has 3 saturated carbocycles. The Morgan fingerprint density at radius 1 is 0.806 bits per heavy atom. The maximum atomic E-state index is 14.6. The van der Waals surface area contributed by atoms with E-state index in [2.05, 4.69) is 33.1 Å². The molecule has 4 aliphatic carbocycles. The Morgan fingerprint density at radius 3 is 2.22 bits per heavy atom. The predicted molar refractivity (Wildman–Crippen MR) is 359 cm³/mol. The van der Waals surface area contributed by atoms with Crippen molar-refractivity contribution in [2.45, 2.75) is 148 Å². The van der Waals surface area contributed by atoms with E-state index in [4.69, 9.17) is 43.6 Å². The van der Waals surface area contributed by atoms with Crippen LogP contribution in [-0.4, -0.2) is 161 Å². The second-order valence-corrected chi connectivity index (χ2v) is 26.5. The molecule has 7 N–H and O–H groups in total. The Bertz CT molecular complexity index is 3450. The summed E-state index contributed by atoms with van der Waals surface area (Å²) in [6.07, 6.45) is 6.04. The van der Waals surface area contributed by atoms with Gasteiger partial charge in [-0.25, -0.2) is 9.59 Å². The van der Waals surface area contributed by atoms with Gasteiger partial charge in [0.05, 0.1) is 83.3 Å². The molecule has 0 bridgehead atoms. The van der Waals surface area contributed by atoms with Crippen LogP contribution >= 0.6 is 0 Å². The van der Waals surface area contributed by atoms with Crippen LogP contribution in [0, 0.1) is 52.8 Å². The van der Waals surface area contributed by atoms with E-state index in [1.54, 1.807) is 55.2 Å². The van der Waals surface area contributed by atoms with Crippen LogP contribution < -0.4 is 31.9 Å². The highest BCUT2D eigenvalue weighted by molar-refractivity contribution is 6.01. The molecule has 528 valence electrons. The molecule has 0 aromatic heterocycles. The van der Waals surface area contributed by atoms with Crippen LogP contribution in [0.5, 0.6) is 0 Å². The molecule has 2 aliphatic heterocycles. The molecule has 2 unspecified atom stereocenters. The van der Waals surface area contributed by atoms with E-state index in [9.17, 15) is 48.3 Å². The summed E-state index contributed by atoms with van der Waals surface area (Å²) in [7, 11) is 0. The van der Waals surface area contributed by atoms with Gasteiger partial charge in [0.2, 0.25) is 29.4 Å². The minimum absolute atomic E-state index is 0.0300. The van der Waals surface area contributed by atoms with Gasteiger partial charge in [-0.2, -0.15) is 0 Å². The van der Waals surface area contributed by atoms with Crippen LogP contribution in [0.1, 0.15) is 127 Å². The van der Waals surface area contributed by atoms with Crippen LogP contribution in [0.2, 0.25) is 0 Å². The number of primary amides is 1. The number of rotatable bonds is 36. The van der Waals surface area contributed by atoms with Crippen LogP contribution in [0.3, 0.4) is 0 Å². The third kappa shape index (κ3) is 19.0. The van der Waals surface area contributed by atoms with E-state index < -0.39 is 77.9 Å². The van der Waals surface area contributed by atoms with Crippen molar-refractivity contribution in [3.05, 3.63) is 119 Å². The zero-order valence-electron chi connectivity index (χ0n) is 56.5. The monoisotopic (exact) mass is 1350 g/mol. The first-order valence-corrected chi connectivity index (χ1v) is 34.4. The van der Waals surface area contributed by atoms with Crippen LogP contribution in [0.25, 0.3) is 0 Å². The number of para-hydroxylation sites is 1. The van der Waals surface area contributed by atoms with Gasteiger partial charge in [-0.1, -0.05) is 100 Å². The molecule has 1 saturated heterocycles. The molecular formula is C74H94N6O18. The van der Waals surface area contributed by atoms with Gasteiger partial charge >= 0.3 is 12.2 Å². The molecule has 24 heteroatoms. The van der Waals surface area contributed by atoms with Crippen LogP contribution in [0.15, 0.2) is 96.6 Å². The van der Waals surface area contributed by atoms with Crippen molar-refractivity contribution in [2.24, 2.45) is 46.7 Å². The largest absolute Gasteiger partial charge is 0.509 e. The summed E-state index contributed by atoms with van der Waals surface area (Å²) in [5.41, 5.74) is 8.20. The zero-order valence-corrected chi connectivity index (χ0v) is 56.5. The SMILES string of the molecule is CCCC1O[C@@H]2C[C@H]3[C@@H]4CCC5=CC(=O)C=CC5[C@H]4[C@@H](O)C[C@]3(C)[C@]2(C(=O)COC(=O)OCc2ccc(NC(=O)[C@H](CCCNC(N)=O)CC(=O)[C@@H](NC(=O)CCOCCOCCOCCOCCNC(=O)CCC(=O)N3Cc4ccccc4C#Cc4ccccc43)C(C)C)cc2)O1. The maximum absolute atomic E-state index is 14.6. The number of urea groups is 1. The molecule has 4 fully saturated rings. The Balaban J connectivity index is 0.634. The third-order valence-corrected chi connectivity index (χ3v) is 19.6. The summed E-state index contributed by atoms with van der Waals surface area (Å²) in [4.78, 5) is 120. The molecule has 98 heavy (non-hydrogen) atoms. The number of allylic oxidation sites excluding steroid dienone is 4. The van der Waals surface area contributed by atoms with Crippen molar-refractivity contribution < 1.29 is 86.2 Å². The third-order valence-electron chi connectivity index (χ3n) is 19.6. The number of hydrogen-bond donors (Lipinski definition) is 6. The average Bonchev–Trinajstić information content (AvgIpc) is 1.50. The highest BCUT2D eigenvalue weighted by atomic mass is 16.8. The maximum Gasteiger partial charge on any atom is 0.509 e. The number of nitrogens with one attached hydrogen (secondary N) is 4. The number of aliphatic hydroxyl groups is 1. The van der Waals surface area contributed by atoms with Crippen molar-refractivity contribution in [1.29, 1.82) is 0 Å². The van der Waals surface area contributed by atoms with Crippen molar-refractivity contribution >= 4 is 64.5 Å². The van der Waals surface area contributed by atoms with Crippen molar-refractivity contribution in [2.75, 3.05) is 82.8 Å². The smallest absolute Gasteiger partial charge is 0.429 e. The summed E-state index contributed by atoms with van der Waals surface area (Å²) in [5.74, 6) is 2.88. The van der Waals surface area contributed by atoms with E-state index in [0.717, 1.165) is 47.2 Å². The number of nitrogens with two attached hydrogens (primary N) is 1. The van der Waals surface area contributed by atoms with Gasteiger partial charge in [0.15, 0.2) is 30.1 Å². The fraction of sp³-hybridized carbons (Fsp3) is 0.554. The van der Waals surface area contributed by atoms with Gasteiger partial charge in [0, 0.05) is 72.8 Å². The van der Waals surface area contributed by atoms with Gasteiger partial charge in [-0.15, -0.1) is 0 Å². The van der Waals surface area contributed by atoms with Crippen LogP contribution in [-0.2, 0) is 84.6 Å². The number of anilines is 2. The van der Waals surface area contributed by atoms with Gasteiger partial charge in [-0.05, 0) is 122 Å². The summed E-state index contributed by atoms with van der Waals surface area (Å²) in [5, 5.41) is 22.9. The topological polar surface area (TPSA) is 325 Å². The van der Waals surface area contributed by atoms with Gasteiger partial charge in [-0.3, -0.25) is 33.6 Å². The number of aliphatic hydroxyl groups excluding tert-OH is 1. The molecule has 24 nitrogen and oxygen atoms in total. The van der Waals surface area contributed by atoms with Gasteiger partial charge in [0.25, 0.3) is 0 Å². The zero-order chi connectivity index (χ0) is 69.8. The number of carbonyl (C=O) groups excluding carboxylic acids is 9. The Kier molecular flexibility index (Phi) is 26.9. The lowest BCUT2D eigenvalue weighted by atomic mass is 9.49. The summed E-state index contributed by atoms with van der Waals surface area (Å²) < 4.78 is 46.4. The van der Waals surface area contributed by atoms with Crippen molar-refractivity contribution in [3.63, 3.8) is 0 Å². The number of amides is 6. The number of fused-ring (bicyclic) bond motifs is 9. The van der Waals surface area contributed by atoms with E-state index in [0.29, 0.717) is 63.5 Å². The lowest BCUT2D eigenvalue weighted by Crippen LogP contribution is -2.62. The first-order chi connectivity index (χ1) is 47.3. The van der Waals surface area contributed by atoms with Crippen molar-refractivity contribution in [1.82, 2.24) is 16.0 Å². The molecule has 6 aliphatic rings. The number of benzene rings is 3. The molecule has 0 radical (unpaired) electrons. The van der Waals surface area contributed by atoms with Gasteiger partial charge < -0.3 is 74.9 Å². The van der Waals surface area contributed by atoms with E-state index in [1.165, 1.54) is 0 Å². The standard InChI is InChI=1S/C74H94N6O18/c1-5-11-67-97-63-42-58-57-25-21-51-40-55(81)24-26-56(51)68(57)61(83)43-73(58,4)74(63,98-67)62(84)46-96-72(90)95-45-48-17-22-54(23-18-48)78-70(88)52(15-10-30-77-71(75)89)41-60(82)69(47(2)3)79-65(86)29-32-91-34-36-93-38-39-94-37-35-92-33-31-76-64(85)27-28-66(87)80-44-53-14-7-6-12-49(53)19-20-50-13-8-9-16-59(50)80/h6-9,12-14,16-18,22-24,26,40,47,52,56-58,61,63,67-69,83H,5,10-11,15,21,25,27-39,41-46H2,1-4H3,(H,76,85)(H,78,88)(H,79,86)(H3,75,77,89)/t52-,56?,57+,58+,61+,63-,67?,68-,69+,73+,74-/m1/s1. The number of nitrogens with zero attached hydrogens (tertiary/aromatic N) is 1. The Hall–Kier alpha value is -8.15. The molecule has 3 aromatic carbocycles. The lowest BCUT2D eigenvalue weighted by Gasteiger charge is -2.56. The highest BCUT2D eigenvalue weighted by Gasteiger charge is 2.75. The van der Waals surface area contributed by atoms with Crippen LogP contribution in [0.4, 0.5) is 21.0 Å². The number of ether oxygens (including phenoxy) is 8. The Labute approximate surface area is 572 Å². The lowest BCUT2D eigenvalue weighted by molar-refractivity contribution is -0.197. The first kappa shape index (κ1) is 74.1. The number of carbonyl (C=O) groups is 9. The summed E-state index contributed by atoms with van der Waals surface area (Å²) in [6, 6.07) is 20.1. The number of Topliss-reactive ketones (excluding diaryl/α,β-unsaturated/α-hetero) is 2. The van der Waals surface area contributed by atoms with Gasteiger partial charge in [0.1, 0.15) is 6.61 Å². The van der Waals surface area contributed by atoms with E-state index in [1.807, 2.05) is 68.5 Å². The number of hydrogen-bond acceptors (Lipinski definition) is 18. The van der Waals surface area contributed by atoms with E-state index in [-0.39, 0.29) is 138 Å². The predicted octanol–water partition coefficient (Wildman–Crippen LogP) is 7.09. The fourth-order valence-electron chi connectivity index (χ4n) is 14.9. The minimum Gasteiger partial charge on any atom is -0.429 e. The molecule has 3 aromatic rings. The summed E-state index contributed by atoms with van der Waals surface area (Å²) >= 11 is 0. The second-order valence-electron chi connectivity index (χ2n) is 26.5. The van der Waals surface area contributed by atoms with E-state index >= 15 is 0 Å². The fourth-order valence-corrected chi connectivity index (χ4v) is 14.9. The quantitative estimate of drug-likeness (QED) is 0.0192. The Morgan fingerprint density at radius 2 is 1.50 bits per heavy atom. The second kappa shape index (κ2) is 35.6. The molecule has 6 amide bonds. The first-order valence-electron chi connectivity index (χ1n) is 34.4. The molecule has 9 rings (SSSR count). The minimum atomic E-state index is -1.47. The highest BCUT2D eigenvalue weighted by Crippen LogP contribution is 2.68. The normalized spacial score (nSPS) is 23.8. The number of ketones is 3. The van der Waals surface area contributed by atoms with Crippen molar-refractivity contribution in [3.8, 4) is 11.8 Å². The molecule has 0 spiro atoms. The molecule has 11 atom stereocenters. The molecular weight excluding hydrogens is 1260 g/mol. The average molecular weight is 1360 g/mol. The summed E-state index contributed by atoms with van der Waals surface area (Å²) in [6.45, 7) is 9.53. The molecule has 2 heterocycles.